The SMILES string of the molecule is [B]c1c(OC[C@@H]2COCCO2)n2c(c(C)c1=O)-c1ccc(OC(O)=C(F)F)cc1CC2. The second kappa shape index (κ2) is 8.72. The summed E-state index contributed by atoms with van der Waals surface area (Å²) in [6, 6.07) is 4.66. The van der Waals surface area contributed by atoms with Gasteiger partial charge < -0.3 is 28.6 Å². The van der Waals surface area contributed by atoms with Crippen molar-refractivity contribution in [2.24, 2.45) is 0 Å². The van der Waals surface area contributed by atoms with Crippen molar-refractivity contribution in [3.63, 3.8) is 0 Å². The van der Waals surface area contributed by atoms with Gasteiger partial charge in [0.2, 0.25) is 0 Å². The van der Waals surface area contributed by atoms with Gasteiger partial charge in [0, 0.05) is 23.1 Å². The maximum Gasteiger partial charge on any atom is 0.350 e. The molecule has 0 unspecified atom stereocenters. The molecule has 1 atom stereocenters. The predicted octanol–water partition coefficient (Wildman–Crippen LogP) is 1.97. The zero-order chi connectivity index (χ0) is 22.1. The number of hydrogen-bond acceptors (Lipinski definition) is 6. The number of nitrogens with zero attached hydrogens (tertiary/aromatic N) is 1. The molecule has 1 aromatic carbocycles. The molecule has 2 aliphatic rings. The van der Waals surface area contributed by atoms with Crippen LogP contribution in [0.4, 0.5) is 8.78 Å². The third-order valence-corrected chi connectivity index (χ3v) is 5.29. The van der Waals surface area contributed by atoms with Gasteiger partial charge in [-0.05, 0) is 37.1 Å². The molecule has 4 rings (SSSR count). The van der Waals surface area contributed by atoms with Gasteiger partial charge in [-0.25, -0.2) is 0 Å². The highest BCUT2D eigenvalue weighted by molar-refractivity contribution is 6.34. The Morgan fingerprint density at radius 3 is 2.87 bits per heavy atom. The van der Waals surface area contributed by atoms with Gasteiger partial charge in [-0.1, -0.05) is 0 Å². The summed E-state index contributed by atoms with van der Waals surface area (Å²) in [6.07, 6.45) is -2.05. The maximum atomic E-state index is 12.8. The molecule has 2 radical (unpaired) electrons. The van der Waals surface area contributed by atoms with E-state index < -0.39 is 12.0 Å². The second-order valence-electron chi connectivity index (χ2n) is 7.29. The Kier molecular flexibility index (Phi) is 6.02. The number of benzene rings is 1. The van der Waals surface area contributed by atoms with E-state index in [1.807, 2.05) is 4.57 Å². The van der Waals surface area contributed by atoms with Crippen molar-refractivity contribution in [3.8, 4) is 22.9 Å². The summed E-state index contributed by atoms with van der Waals surface area (Å²) in [5.41, 5.74) is 2.30. The van der Waals surface area contributed by atoms with E-state index in [0.29, 0.717) is 44.0 Å². The van der Waals surface area contributed by atoms with Crippen LogP contribution in [0.1, 0.15) is 11.1 Å². The van der Waals surface area contributed by atoms with Gasteiger partial charge in [-0.3, -0.25) is 4.79 Å². The van der Waals surface area contributed by atoms with Crippen molar-refractivity contribution in [1.29, 1.82) is 0 Å². The average molecular weight is 431 g/mol. The predicted molar refractivity (Wildman–Crippen MR) is 109 cm³/mol. The number of fused-ring (bicyclic) bond motifs is 3. The van der Waals surface area contributed by atoms with Gasteiger partial charge in [0.1, 0.15) is 26.3 Å². The normalized spacial score (nSPS) is 17.5. The molecule has 2 aliphatic heterocycles. The fraction of sp³-hybridized carbons (Fsp3) is 0.381. The minimum Gasteiger partial charge on any atom is -0.477 e. The van der Waals surface area contributed by atoms with Gasteiger partial charge in [0.15, 0.2) is 11.3 Å². The quantitative estimate of drug-likeness (QED) is 0.576. The molecule has 7 nitrogen and oxygen atoms in total. The molecule has 10 heteroatoms. The first-order chi connectivity index (χ1) is 14.9. The molecule has 31 heavy (non-hydrogen) atoms. The van der Waals surface area contributed by atoms with Crippen LogP contribution < -0.4 is 20.4 Å². The van der Waals surface area contributed by atoms with Crippen LogP contribution in [0, 0.1) is 6.92 Å². The zero-order valence-electron chi connectivity index (χ0n) is 16.8. The standard InChI is InChI=1S/C21H20BF2NO6/c1-11-17-15-3-2-13(31-21(27)19(23)24)8-12(15)4-5-25(17)20(16(22)18(11)26)30-10-14-9-28-6-7-29-14/h2-3,8,14,27H,4-7,9-10H2,1H3/t14-/m0/s1. The molecule has 0 spiro atoms. The first kappa shape index (κ1) is 21.4. The highest BCUT2D eigenvalue weighted by atomic mass is 19.3. The maximum absolute atomic E-state index is 12.8. The van der Waals surface area contributed by atoms with E-state index in [-0.39, 0.29) is 35.2 Å². The van der Waals surface area contributed by atoms with E-state index >= 15 is 0 Å². The smallest absolute Gasteiger partial charge is 0.350 e. The van der Waals surface area contributed by atoms with Crippen molar-refractivity contribution in [1.82, 2.24) is 4.57 Å². The van der Waals surface area contributed by atoms with Crippen LogP contribution in [0.3, 0.4) is 0 Å². The fourth-order valence-electron chi connectivity index (χ4n) is 3.83. The summed E-state index contributed by atoms with van der Waals surface area (Å²) in [4.78, 5) is 12.8. The van der Waals surface area contributed by atoms with Crippen LogP contribution in [0.25, 0.3) is 11.3 Å². The fourth-order valence-corrected chi connectivity index (χ4v) is 3.83. The lowest BCUT2D eigenvalue weighted by atomic mass is 9.89. The van der Waals surface area contributed by atoms with E-state index in [4.69, 9.17) is 31.9 Å². The van der Waals surface area contributed by atoms with Gasteiger partial charge in [-0.2, -0.15) is 8.78 Å². The van der Waals surface area contributed by atoms with Gasteiger partial charge >= 0.3 is 12.0 Å². The van der Waals surface area contributed by atoms with E-state index in [9.17, 15) is 13.6 Å². The molecule has 2 aromatic rings. The van der Waals surface area contributed by atoms with Crippen LogP contribution in [0.2, 0.25) is 0 Å². The molecule has 1 N–H and O–H groups in total. The summed E-state index contributed by atoms with van der Waals surface area (Å²) >= 11 is 0. The summed E-state index contributed by atoms with van der Waals surface area (Å²) < 4.78 is 48.4. The van der Waals surface area contributed by atoms with Crippen LogP contribution in [0.15, 0.2) is 35.0 Å². The summed E-state index contributed by atoms with van der Waals surface area (Å²) in [5.74, 6) is -1.11. The highest BCUT2D eigenvalue weighted by Crippen LogP contribution is 2.35. The lowest BCUT2D eigenvalue weighted by Gasteiger charge is -2.29. The Hall–Kier alpha value is -2.85. The lowest BCUT2D eigenvalue weighted by molar-refractivity contribution is -0.102. The minimum absolute atomic E-state index is 0.0230. The molecule has 3 heterocycles. The van der Waals surface area contributed by atoms with Crippen molar-refractivity contribution in [2.75, 3.05) is 26.4 Å². The van der Waals surface area contributed by atoms with E-state index in [2.05, 4.69) is 0 Å². The number of aryl methyl sites for hydroxylation is 1. The molecule has 0 aliphatic carbocycles. The summed E-state index contributed by atoms with van der Waals surface area (Å²) in [7, 11) is 6.10. The molecule has 0 amide bonds. The first-order valence-electron chi connectivity index (χ1n) is 9.77. The summed E-state index contributed by atoms with van der Waals surface area (Å²) in [5, 5.41) is 9.17. The zero-order valence-corrected chi connectivity index (χ0v) is 16.8. The molecule has 0 bridgehead atoms. The number of rotatable bonds is 5. The Labute approximate surface area is 178 Å². The minimum atomic E-state index is -2.31. The molecule has 162 valence electrons. The Morgan fingerprint density at radius 2 is 2.16 bits per heavy atom. The van der Waals surface area contributed by atoms with Crippen LogP contribution in [-0.4, -0.2) is 50.1 Å². The van der Waals surface area contributed by atoms with Gasteiger partial charge in [-0.15, -0.1) is 0 Å². The second-order valence-corrected chi connectivity index (χ2v) is 7.29. The van der Waals surface area contributed by atoms with E-state index in [0.717, 1.165) is 11.1 Å². The topological polar surface area (TPSA) is 79.2 Å². The molecule has 1 saturated heterocycles. The van der Waals surface area contributed by atoms with Crippen molar-refractivity contribution in [2.45, 2.75) is 26.0 Å². The van der Waals surface area contributed by atoms with E-state index in [1.54, 1.807) is 19.1 Å². The van der Waals surface area contributed by atoms with Crippen LogP contribution in [0.5, 0.6) is 11.6 Å². The third kappa shape index (κ3) is 4.17. The van der Waals surface area contributed by atoms with Crippen molar-refractivity contribution < 1.29 is 32.8 Å². The number of aliphatic hydroxyl groups is 1. The molecule has 1 fully saturated rings. The Balaban J connectivity index is 1.70. The first-order valence-corrected chi connectivity index (χ1v) is 9.77. The Bertz CT molecular complexity index is 1090. The number of aliphatic hydroxyl groups excluding tert-OH is 1. The van der Waals surface area contributed by atoms with Crippen molar-refractivity contribution >= 4 is 13.3 Å². The number of aromatic nitrogens is 1. The monoisotopic (exact) mass is 431 g/mol. The third-order valence-electron chi connectivity index (χ3n) is 5.29. The van der Waals surface area contributed by atoms with Crippen LogP contribution >= 0.6 is 0 Å². The highest BCUT2D eigenvalue weighted by Gasteiger charge is 2.26. The van der Waals surface area contributed by atoms with Crippen molar-refractivity contribution in [3.05, 3.63) is 51.6 Å². The average Bonchev–Trinajstić information content (AvgIpc) is 2.77. The Morgan fingerprint density at radius 1 is 1.35 bits per heavy atom. The molecular formula is C21H20BF2NO6. The molecular weight excluding hydrogens is 411 g/mol. The molecule has 0 saturated carbocycles. The number of halogens is 2. The largest absolute Gasteiger partial charge is 0.477 e. The van der Waals surface area contributed by atoms with E-state index in [1.165, 1.54) is 6.07 Å². The van der Waals surface area contributed by atoms with Gasteiger partial charge in [0.05, 0.1) is 25.5 Å². The summed E-state index contributed by atoms with van der Waals surface area (Å²) in [6.45, 7) is 3.73. The lowest BCUT2D eigenvalue weighted by Crippen LogP contribution is -2.38. The van der Waals surface area contributed by atoms with Crippen LogP contribution in [-0.2, 0) is 22.4 Å². The van der Waals surface area contributed by atoms with Gasteiger partial charge in [0.25, 0.3) is 0 Å². The number of pyridine rings is 1. The number of ether oxygens (including phenoxy) is 4. The number of hydrogen-bond donors (Lipinski definition) is 1. The molecule has 1 aromatic heterocycles.